The summed E-state index contributed by atoms with van der Waals surface area (Å²) in [7, 11) is 0. The lowest BCUT2D eigenvalue weighted by Gasteiger charge is -2.15. The van der Waals surface area contributed by atoms with E-state index in [2.05, 4.69) is 5.32 Å². The molecule has 0 radical (unpaired) electrons. The lowest BCUT2D eigenvalue weighted by atomic mass is 10.1. The predicted molar refractivity (Wildman–Crippen MR) is 63.4 cm³/mol. The third-order valence-electron chi connectivity index (χ3n) is 2.90. The van der Waals surface area contributed by atoms with Crippen molar-refractivity contribution in [2.45, 2.75) is 12.5 Å². The van der Waals surface area contributed by atoms with Crippen molar-refractivity contribution in [3.63, 3.8) is 0 Å². The van der Waals surface area contributed by atoms with Gasteiger partial charge in [-0.3, -0.25) is 4.79 Å². The summed E-state index contributed by atoms with van der Waals surface area (Å²) in [5, 5.41) is 20.0. The molecule has 1 aromatic carbocycles. The van der Waals surface area contributed by atoms with Crippen LogP contribution in [0.3, 0.4) is 0 Å². The third kappa shape index (κ3) is 2.71. The number of nitrogens with zero attached hydrogens (tertiary/aromatic N) is 1. The maximum Gasteiger partial charge on any atom is 0.310 e. The highest BCUT2D eigenvalue weighted by Crippen LogP contribution is 2.26. The summed E-state index contributed by atoms with van der Waals surface area (Å²) in [6.07, 6.45) is 3.28. The quantitative estimate of drug-likeness (QED) is 0.821. The predicted octanol–water partition coefficient (Wildman–Crippen LogP) is 2.28. The molecule has 2 N–H and O–H groups in total. The van der Waals surface area contributed by atoms with Crippen molar-refractivity contribution in [3.8, 4) is 6.07 Å². The van der Waals surface area contributed by atoms with Crippen molar-refractivity contribution in [2.75, 3.05) is 5.32 Å². The summed E-state index contributed by atoms with van der Waals surface area (Å²) in [5.74, 6) is -3.37. The summed E-state index contributed by atoms with van der Waals surface area (Å²) in [6, 6.07) is 3.06. The molecule has 0 aliphatic heterocycles. The first-order valence-electron chi connectivity index (χ1n) is 5.58. The molecule has 2 atom stereocenters. The van der Waals surface area contributed by atoms with Crippen LogP contribution in [0.2, 0.25) is 0 Å². The van der Waals surface area contributed by atoms with E-state index in [1.807, 2.05) is 0 Å². The lowest BCUT2D eigenvalue weighted by molar-refractivity contribution is -0.140. The number of carbonyl (C=O) groups is 1. The number of carboxylic acid groups (broad SMARTS) is 1. The summed E-state index contributed by atoms with van der Waals surface area (Å²) >= 11 is 0. The monoisotopic (exact) mass is 264 g/mol. The molecule has 2 rings (SSSR count). The fraction of sp³-hybridized carbons (Fsp3) is 0.231. The summed E-state index contributed by atoms with van der Waals surface area (Å²) < 4.78 is 27.2. The van der Waals surface area contributed by atoms with Crippen molar-refractivity contribution < 1.29 is 18.7 Å². The van der Waals surface area contributed by atoms with Crippen LogP contribution in [-0.4, -0.2) is 17.1 Å². The minimum atomic E-state index is -0.971. The third-order valence-corrected chi connectivity index (χ3v) is 2.90. The number of hydrogen-bond acceptors (Lipinski definition) is 3. The average Bonchev–Trinajstić information content (AvgIpc) is 2.82. The van der Waals surface area contributed by atoms with Crippen molar-refractivity contribution >= 4 is 11.7 Å². The molecule has 4 nitrogen and oxygen atoms in total. The van der Waals surface area contributed by atoms with Crippen molar-refractivity contribution in [1.29, 1.82) is 5.26 Å². The Balaban J connectivity index is 2.16. The van der Waals surface area contributed by atoms with E-state index in [9.17, 15) is 13.6 Å². The Hall–Kier alpha value is -2.42. The van der Waals surface area contributed by atoms with E-state index in [4.69, 9.17) is 10.4 Å². The van der Waals surface area contributed by atoms with Gasteiger partial charge in [0.25, 0.3) is 0 Å². The maximum atomic E-state index is 13.6. The Kier molecular flexibility index (Phi) is 3.47. The zero-order valence-electron chi connectivity index (χ0n) is 9.73. The molecule has 1 aromatic rings. The first-order valence-corrected chi connectivity index (χ1v) is 5.58. The molecule has 98 valence electrons. The van der Waals surface area contributed by atoms with Gasteiger partial charge in [0.05, 0.1) is 17.6 Å². The fourth-order valence-electron chi connectivity index (χ4n) is 1.95. The second-order valence-electron chi connectivity index (χ2n) is 4.24. The average molecular weight is 264 g/mol. The topological polar surface area (TPSA) is 73.1 Å². The Morgan fingerprint density at radius 1 is 1.37 bits per heavy atom. The normalized spacial score (nSPS) is 21.1. The Morgan fingerprint density at radius 3 is 2.47 bits per heavy atom. The Bertz CT molecular complexity index is 570. The van der Waals surface area contributed by atoms with Gasteiger partial charge in [-0.05, 0) is 18.6 Å². The van der Waals surface area contributed by atoms with Crippen LogP contribution in [0.1, 0.15) is 12.0 Å². The standard InChI is InChI=1S/C13H10F2N2O2/c14-10-3-7(6-16)4-11(15)12(10)17-9-2-1-8(5-9)13(18)19/h1-4,8-9,17H,5H2,(H,18,19). The van der Waals surface area contributed by atoms with Crippen LogP contribution in [0, 0.1) is 28.9 Å². The van der Waals surface area contributed by atoms with E-state index in [1.54, 1.807) is 12.1 Å². The molecule has 0 amide bonds. The number of anilines is 1. The molecular weight excluding hydrogens is 254 g/mol. The molecule has 0 saturated carbocycles. The molecule has 19 heavy (non-hydrogen) atoms. The van der Waals surface area contributed by atoms with Crippen LogP contribution >= 0.6 is 0 Å². The molecule has 1 aliphatic carbocycles. The largest absolute Gasteiger partial charge is 0.481 e. The van der Waals surface area contributed by atoms with E-state index in [-0.39, 0.29) is 17.7 Å². The van der Waals surface area contributed by atoms with Gasteiger partial charge in [-0.2, -0.15) is 5.26 Å². The zero-order chi connectivity index (χ0) is 14.0. The minimum absolute atomic E-state index is 0.106. The Morgan fingerprint density at radius 2 is 2.00 bits per heavy atom. The van der Waals surface area contributed by atoms with E-state index in [0.717, 1.165) is 12.1 Å². The zero-order valence-corrected chi connectivity index (χ0v) is 9.73. The van der Waals surface area contributed by atoms with Gasteiger partial charge in [0.15, 0.2) is 11.6 Å². The molecule has 0 aromatic heterocycles. The molecule has 1 aliphatic rings. The van der Waals surface area contributed by atoms with E-state index < -0.39 is 29.6 Å². The summed E-state index contributed by atoms with van der Waals surface area (Å²) in [4.78, 5) is 10.8. The number of benzene rings is 1. The highest BCUT2D eigenvalue weighted by Gasteiger charge is 2.25. The van der Waals surface area contributed by atoms with Gasteiger partial charge in [-0.1, -0.05) is 12.2 Å². The number of hydrogen-bond donors (Lipinski definition) is 2. The smallest absolute Gasteiger partial charge is 0.310 e. The Labute approximate surface area is 108 Å². The number of nitriles is 1. The second kappa shape index (κ2) is 5.06. The summed E-state index contributed by atoms with van der Waals surface area (Å²) in [5.41, 5.74) is -0.453. The van der Waals surface area contributed by atoms with Crippen molar-refractivity contribution in [1.82, 2.24) is 0 Å². The molecule has 0 bridgehead atoms. The van der Waals surface area contributed by atoms with E-state index in [1.165, 1.54) is 6.08 Å². The molecule has 0 heterocycles. The van der Waals surface area contributed by atoms with E-state index >= 15 is 0 Å². The minimum Gasteiger partial charge on any atom is -0.481 e. The van der Waals surface area contributed by atoms with Gasteiger partial charge in [-0.15, -0.1) is 0 Å². The van der Waals surface area contributed by atoms with Gasteiger partial charge < -0.3 is 10.4 Å². The lowest BCUT2D eigenvalue weighted by Crippen LogP contribution is -2.20. The molecule has 6 heteroatoms. The van der Waals surface area contributed by atoms with E-state index in [0.29, 0.717) is 0 Å². The van der Waals surface area contributed by atoms with Crippen LogP contribution in [0.25, 0.3) is 0 Å². The molecular formula is C13H10F2N2O2. The molecule has 0 spiro atoms. The molecule has 0 saturated heterocycles. The molecule has 2 unspecified atom stereocenters. The van der Waals surface area contributed by atoms with Crippen molar-refractivity contribution in [3.05, 3.63) is 41.5 Å². The number of nitrogens with one attached hydrogen (secondary N) is 1. The summed E-state index contributed by atoms with van der Waals surface area (Å²) in [6.45, 7) is 0. The number of carboxylic acids is 1. The van der Waals surface area contributed by atoms with Crippen LogP contribution in [-0.2, 0) is 4.79 Å². The van der Waals surface area contributed by atoms with Gasteiger partial charge in [0.2, 0.25) is 0 Å². The second-order valence-corrected chi connectivity index (χ2v) is 4.24. The number of halogens is 2. The first-order chi connectivity index (χ1) is 9.01. The van der Waals surface area contributed by atoms with Crippen LogP contribution in [0.15, 0.2) is 24.3 Å². The van der Waals surface area contributed by atoms with Gasteiger partial charge >= 0.3 is 5.97 Å². The maximum absolute atomic E-state index is 13.6. The number of aliphatic carboxylic acids is 1. The highest BCUT2D eigenvalue weighted by atomic mass is 19.1. The van der Waals surface area contributed by atoms with Crippen LogP contribution in [0.5, 0.6) is 0 Å². The SMILES string of the molecule is N#Cc1cc(F)c(NC2C=CC(C(=O)O)C2)c(F)c1. The number of rotatable bonds is 3. The highest BCUT2D eigenvalue weighted by molar-refractivity contribution is 5.73. The van der Waals surface area contributed by atoms with Crippen LogP contribution < -0.4 is 5.32 Å². The van der Waals surface area contributed by atoms with Gasteiger partial charge in [-0.25, -0.2) is 8.78 Å². The van der Waals surface area contributed by atoms with Gasteiger partial charge in [0.1, 0.15) is 5.69 Å². The van der Waals surface area contributed by atoms with Gasteiger partial charge in [0, 0.05) is 6.04 Å². The molecule has 0 fully saturated rings. The van der Waals surface area contributed by atoms with Crippen LogP contribution in [0.4, 0.5) is 14.5 Å². The van der Waals surface area contributed by atoms with Crippen molar-refractivity contribution in [2.24, 2.45) is 5.92 Å². The first kappa shape index (κ1) is 13.0. The fourth-order valence-corrected chi connectivity index (χ4v) is 1.95.